The Morgan fingerprint density at radius 3 is 2.44 bits per heavy atom. The molecule has 1 aromatic heterocycles. The minimum absolute atomic E-state index is 0.264. The molecule has 1 aromatic rings. The fraction of sp³-hybridized carbons (Fsp3) is 0.583. The van der Waals surface area contributed by atoms with Crippen LogP contribution in [0.15, 0.2) is 6.07 Å². The molecule has 0 aromatic carbocycles. The highest BCUT2D eigenvalue weighted by Crippen LogP contribution is 2.29. The van der Waals surface area contributed by atoms with Gasteiger partial charge in [-0.15, -0.1) is 11.3 Å². The van der Waals surface area contributed by atoms with E-state index in [1.165, 1.54) is 11.3 Å². The number of halogens is 3. The molecule has 6 heteroatoms. The van der Waals surface area contributed by atoms with Crippen LogP contribution >= 0.6 is 11.3 Å². The maximum atomic E-state index is 12.0. The molecule has 1 amide bonds. The van der Waals surface area contributed by atoms with Crippen LogP contribution in [0, 0.1) is 0 Å². The molecule has 0 spiro atoms. The zero-order chi connectivity index (χ0) is 13.9. The standard InChI is InChI=1S/C12H16F3NOS/c1-4-9-8(7(2)3)5-10(18-9)11(17)16-6-12(13,14)15/h5,7H,4,6H2,1-3H3,(H,16,17). The summed E-state index contributed by atoms with van der Waals surface area (Å²) in [4.78, 5) is 13.0. The van der Waals surface area contributed by atoms with Crippen LogP contribution in [0.3, 0.4) is 0 Å². The average molecular weight is 279 g/mol. The number of carbonyl (C=O) groups excluding carboxylic acids is 1. The Morgan fingerprint density at radius 1 is 1.44 bits per heavy atom. The highest BCUT2D eigenvalue weighted by molar-refractivity contribution is 7.14. The van der Waals surface area contributed by atoms with Gasteiger partial charge in [0.2, 0.25) is 0 Å². The van der Waals surface area contributed by atoms with Gasteiger partial charge in [-0.2, -0.15) is 13.2 Å². The number of nitrogens with one attached hydrogen (secondary N) is 1. The first kappa shape index (κ1) is 15.0. The smallest absolute Gasteiger partial charge is 0.342 e. The van der Waals surface area contributed by atoms with Gasteiger partial charge in [0.05, 0.1) is 4.88 Å². The first-order chi connectivity index (χ1) is 8.24. The van der Waals surface area contributed by atoms with Crippen molar-refractivity contribution in [1.82, 2.24) is 5.32 Å². The molecule has 0 atom stereocenters. The molecule has 18 heavy (non-hydrogen) atoms. The van der Waals surface area contributed by atoms with Crippen molar-refractivity contribution in [2.75, 3.05) is 6.54 Å². The molecule has 0 saturated carbocycles. The number of aryl methyl sites for hydroxylation is 1. The third-order valence-electron chi connectivity index (χ3n) is 2.46. The second kappa shape index (κ2) is 5.73. The summed E-state index contributed by atoms with van der Waals surface area (Å²) >= 11 is 1.27. The van der Waals surface area contributed by atoms with Crippen LogP contribution < -0.4 is 5.32 Å². The van der Waals surface area contributed by atoms with Gasteiger partial charge in [-0.3, -0.25) is 4.79 Å². The van der Waals surface area contributed by atoms with Crippen molar-refractivity contribution < 1.29 is 18.0 Å². The zero-order valence-electron chi connectivity index (χ0n) is 10.5. The van der Waals surface area contributed by atoms with Crippen LogP contribution in [-0.2, 0) is 6.42 Å². The Labute approximate surface area is 108 Å². The van der Waals surface area contributed by atoms with Gasteiger partial charge >= 0.3 is 6.18 Å². The fourth-order valence-electron chi connectivity index (χ4n) is 1.59. The summed E-state index contributed by atoms with van der Waals surface area (Å²) in [6.45, 7) is 4.68. The highest BCUT2D eigenvalue weighted by atomic mass is 32.1. The molecule has 1 heterocycles. The SMILES string of the molecule is CCc1sc(C(=O)NCC(F)(F)F)cc1C(C)C. The van der Waals surface area contributed by atoms with Gasteiger partial charge in [-0.25, -0.2) is 0 Å². The molecule has 1 rings (SSSR count). The van der Waals surface area contributed by atoms with Crippen LogP contribution in [0.5, 0.6) is 0 Å². The van der Waals surface area contributed by atoms with Crippen LogP contribution in [-0.4, -0.2) is 18.6 Å². The molecule has 0 aliphatic carbocycles. The second-order valence-corrected chi connectivity index (χ2v) is 5.43. The van der Waals surface area contributed by atoms with E-state index in [2.05, 4.69) is 0 Å². The van der Waals surface area contributed by atoms with E-state index in [4.69, 9.17) is 0 Å². The lowest BCUT2D eigenvalue weighted by Crippen LogP contribution is -2.33. The van der Waals surface area contributed by atoms with E-state index < -0.39 is 18.6 Å². The quantitative estimate of drug-likeness (QED) is 0.894. The predicted molar refractivity (Wildman–Crippen MR) is 66.2 cm³/mol. The van der Waals surface area contributed by atoms with Crippen molar-refractivity contribution in [3.8, 4) is 0 Å². The van der Waals surface area contributed by atoms with Crippen LogP contribution in [0.25, 0.3) is 0 Å². The van der Waals surface area contributed by atoms with Crippen molar-refractivity contribution in [3.63, 3.8) is 0 Å². The van der Waals surface area contributed by atoms with Gasteiger partial charge < -0.3 is 5.32 Å². The lowest BCUT2D eigenvalue weighted by molar-refractivity contribution is -0.123. The molecule has 1 N–H and O–H groups in total. The Kier molecular flexibility index (Phi) is 4.78. The van der Waals surface area contributed by atoms with Crippen molar-refractivity contribution >= 4 is 17.2 Å². The maximum absolute atomic E-state index is 12.0. The van der Waals surface area contributed by atoms with Gasteiger partial charge in [-0.1, -0.05) is 20.8 Å². The van der Waals surface area contributed by atoms with Gasteiger partial charge in [0, 0.05) is 4.88 Å². The molecular formula is C12H16F3NOS. The van der Waals surface area contributed by atoms with E-state index in [-0.39, 0.29) is 5.92 Å². The molecule has 2 nitrogen and oxygen atoms in total. The first-order valence-corrected chi connectivity index (χ1v) is 6.53. The normalized spacial score (nSPS) is 11.9. The fourth-order valence-corrected chi connectivity index (χ4v) is 2.76. The van der Waals surface area contributed by atoms with E-state index in [1.54, 1.807) is 6.07 Å². The van der Waals surface area contributed by atoms with Gasteiger partial charge in [-0.05, 0) is 24.0 Å². The van der Waals surface area contributed by atoms with Crippen LogP contribution in [0.1, 0.15) is 46.8 Å². The van der Waals surface area contributed by atoms with E-state index in [1.807, 2.05) is 26.1 Å². The highest BCUT2D eigenvalue weighted by Gasteiger charge is 2.28. The number of rotatable bonds is 4. The second-order valence-electron chi connectivity index (χ2n) is 4.30. The third-order valence-corrected chi connectivity index (χ3v) is 3.75. The number of alkyl halides is 3. The number of hydrogen-bond donors (Lipinski definition) is 1. The lowest BCUT2D eigenvalue weighted by Gasteiger charge is -2.06. The Bertz CT molecular complexity index is 423. The topological polar surface area (TPSA) is 29.1 Å². The summed E-state index contributed by atoms with van der Waals surface area (Å²) in [7, 11) is 0. The van der Waals surface area contributed by atoms with Gasteiger partial charge in [0.15, 0.2) is 0 Å². The molecule has 0 bridgehead atoms. The molecular weight excluding hydrogens is 263 g/mol. The molecule has 0 fully saturated rings. The molecule has 0 aliphatic heterocycles. The Hall–Kier alpha value is -1.04. The van der Waals surface area contributed by atoms with Gasteiger partial charge in [0.1, 0.15) is 6.54 Å². The molecule has 0 unspecified atom stereocenters. The molecule has 0 radical (unpaired) electrons. The van der Waals surface area contributed by atoms with Crippen LogP contribution in [0.2, 0.25) is 0 Å². The van der Waals surface area contributed by atoms with Crippen molar-refractivity contribution in [2.24, 2.45) is 0 Å². The monoisotopic (exact) mass is 279 g/mol. The van der Waals surface area contributed by atoms with Crippen molar-refractivity contribution in [1.29, 1.82) is 0 Å². The predicted octanol–water partition coefficient (Wildman–Crippen LogP) is 3.73. The third kappa shape index (κ3) is 4.01. The van der Waals surface area contributed by atoms with Crippen molar-refractivity contribution in [3.05, 3.63) is 21.4 Å². The maximum Gasteiger partial charge on any atom is 0.405 e. The molecule has 0 saturated heterocycles. The van der Waals surface area contributed by atoms with Crippen molar-refractivity contribution in [2.45, 2.75) is 39.3 Å². The summed E-state index contributed by atoms with van der Waals surface area (Å²) in [6.07, 6.45) is -3.59. The minimum atomic E-state index is -4.37. The Balaban J connectivity index is 2.81. The number of thiophene rings is 1. The first-order valence-electron chi connectivity index (χ1n) is 5.72. The Morgan fingerprint density at radius 2 is 2.06 bits per heavy atom. The average Bonchev–Trinajstić information content (AvgIpc) is 2.68. The summed E-state index contributed by atoms with van der Waals surface area (Å²) in [5.41, 5.74) is 1.04. The van der Waals surface area contributed by atoms with Crippen LogP contribution in [0.4, 0.5) is 13.2 Å². The van der Waals surface area contributed by atoms with E-state index in [0.717, 1.165) is 16.9 Å². The largest absolute Gasteiger partial charge is 0.405 e. The number of amides is 1. The number of hydrogen-bond acceptors (Lipinski definition) is 2. The minimum Gasteiger partial charge on any atom is -0.342 e. The summed E-state index contributed by atoms with van der Waals surface area (Å²) < 4.78 is 36.0. The zero-order valence-corrected chi connectivity index (χ0v) is 11.3. The van der Waals surface area contributed by atoms with E-state index >= 15 is 0 Å². The van der Waals surface area contributed by atoms with E-state index in [9.17, 15) is 18.0 Å². The molecule has 102 valence electrons. The van der Waals surface area contributed by atoms with Gasteiger partial charge in [0.25, 0.3) is 5.91 Å². The lowest BCUT2D eigenvalue weighted by atomic mass is 10.0. The summed E-state index contributed by atoms with van der Waals surface area (Å²) in [6, 6.07) is 1.69. The number of carbonyl (C=O) groups is 1. The summed E-state index contributed by atoms with van der Waals surface area (Å²) in [5, 5.41) is 1.89. The summed E-state index contributed by atoms with van der Waals surface area (Å²) in [5.74, 6) is -0.390. The molecule has 0 aliphatic rings. The van der Waals surface area contributed by atoms with E-state index in [0.29, 0.717) is 4.88 Å².